The van der Waals surface area contributed by atoms with Crippen molar-refractivity contribution in [2.45, 2.75) is 16.8 Å². The quantitative estimate of drug-likeness (QED) is 0.620. The first-order valence-corrected chi connectivity index (χ1v) is 8.65. The zero-order valence-electron chi connectivity index (χ0n) is 13.2. The predicted octanol–water partition coefficient (Wildman–Crippen LogP) is 5.16. The Balaban J connectivity index is 1.93. The van der Waals surface area contributed by atoms with Crippen molar-refractivity contribution < 1.29 is 9.53 Å². The Hall–Kier alpha value is -2.52. The monoisotopic (exact) mass is 332 g/mol. The number of carbonyl (C=O) groups is 1. The average molecular weight is 332 g/mol. The largest absolute Gasteiger partial charge is 0.435 e. The zero-order chi connectivity index (χ0) is 16.6. The minimum atomic E-state index is -0.846. The van der Waals surface area contributed by atoms with Gasteiger partial charge in [-0.25, -0.2) is 4.79 Å². The second kappa shape index (κ2) is 5.84. The van der Waals surface area contributed by atoms with Gasteiger partial charge in [-0.15, -0.1) is 0 Å². The molecule has 0 saturated heterocycles. The number of cyclic esters (lactones) is 1. The number of hydrogen-bond donors (Lipinski definition) is 0. The van der Waals surface area contributed by atoms with Gasteiger partial charge in [0.15, 0.2) is 0 Å². The van der Waals surface area contributed by atoms with Gasteiger partial charge in [-0.3, -0.25) is 0 Å². The van der Waals surface area contributed by atoms with Crippen LogP contribution in [0.5, 0.6) is 0 Å². The standard InChI is InChI=1S/C21H16O2S/c1-15-9-5-8-14-19(15)24-21(16-10-3-2-4-11-16)18-13-7-6-12-17(18)20(22)23-21/h2-14H,1H3/t21-/m1/s1. The molecule has 0 N–H and O–H groups in total. The van der Waals surface area contributed by atoms with Crippen molar-refractivity contribution in [2.75, 3.05) is 0 Å². The topological polar surface area (TPSA) is 26.3 Å². The fraction of sp³-hybridized carbons (Fsp3) is 0.0952. The molecule has 1 atom stereocenters. The Labute approximate surface area is 145 Å². The molecule has 0 amide bonds. The van der Waals surface area contributed by atoms with E-state index in [0.29, 0.717) is 5.56 Å². The third-order valence-electron chi connectivity index (χ3n) is 4.24. The van der Waals surface area contributed by atoms with Gasteiger partial charge in [0.2, 0.25) is 4.93 Å². The van der Waals surface area contributed by atoms with Crippen LogP contribution < -0.4 is 0 Å². The summed E-state index contributed by atoms with van der Waals surface area (Å²) in [6.07, 6.45) is 0. The maximum Gasteiger partial charge on any atom is 0.340 e. The van der Waals surface area contributed by atoms with E-state index in [-0.39, 0.29) is 5.97 Å². The molecule has 0 bridgehead atoms. The lowest BCUT2D eigenvalue weighted by molar-refractivity contribution is 0.0384. The Morgan fingerprint density at radius 1 is 0.833 bits per heavy atom. The van der Waals surface area contributed by atoms with E-state index in [0.717, 1.165) is 16.0 Å². The van der Waals surface area contributed by atoms with E-state index >= 15 is 0 Å². The minimum absolute atomic E-state index is 0.268. The highest BCUT2D eigenvalue weighted by Crippen LogP contribution is 2.53. The van der Waals surface area contributed by atoms with E-state index in [4.69, 9.17) is 4.74 Å². The summed E-state index contributed by atoms with van der Waals surface area (Å²) in [5.74, 6) is -0.268. The van der Waals surface area contributed by atoms with Crippen molar-refractivity contribution in [3.63, 3.8) is 0 Å². The van der Waals surface area contributed by atoms with E-state index in [1.165, 1.54) is 5.56 Å². The summed E-state index contributed by atoms with van der Waals surface area (Å²) in [5, 5.41) is 0. The summed E-state index contributed by atoms with van der Waals surface area (Å²) in [5.41, 5.74) is 3.69. The molecule has 4 rings (SSSR count). The molecule has 1 heterocycles. The van der Waals surface area contributed by atoms with Crippen LogP contribution >= 0.6 is 11.8 Å². The first kappa shape index (κ1) is 15.0. The molecule has 3 heteroatoms. The van der Waals surface area contributed by atoms with Crippen LogP contribution in [0.1, 0.15) is 27.0 Å². The van der Waals surface area contributed by atoms with Gasteiger partial charge in [0, 0.05) is 16.0 Å². The highest BCUT2D eigenvalue weighted by atomic mass is 32.2. The summed E-state index contributed by atoms with van der Waals surface area (Å²) in [4.78, 5) is 12.8. The molecule has 0 spiro atoms. The van der Waals surface area contributed by atoms with Crippen LogP contribution in [-0.2, 0) is 9.67 Å². The van der Waals surface area contributed by atoms with Gasteiger partial charge in [0.05, 0.1) is 5.56 Å². The van der Waals surface area contributed by atoms with Crippen LogP contribution in [0.4, 0.5) is 0 Å². The number of fused-ring (bicyclic) bond motifs is 1. The molecule has 0 aromatic heterocycles. The predicted molar refractivity (Wildman–Crippen MR) is 96.1 cm³/mol. The van der Waals surface area contributed by atoms with Gasteiger partial charge in [-0.05, 0) is 24.6 Å². The first-order valence-electron chi connectivity index (χ1n) is 7.84. The molecule has 24 heavy (non-hydrogen) atoms. The summed E-state index contributed by atoms with van der Waals surface area (Å²) in [6, 6.07) is 25.8. The summed E-state index contributed by atoms with van der Waals surface area (Å²) in [6.45, 7) is 2.07. The molecule has 1 aliphatic rings. The van der Waals surface area contributed by atoms with Crippen molar-refractivity contribution in [3.8, 4) is 0 Å². The first-order chi connectivity index (χ1) is 11.7. The van der Waals surface area contributed by atoms with Crippen molar-refractivity contribution in [3.05, 3.63) is 101 Å². The lowest BCUT2D eigenvalue weighted by Crippen LogP contribution is -2.23. The second-order valence-corrected chi connectivity index (χ2v) is 7.00. The number of hydrogen-bond acceptors (Lipinski definition) is 3. The van der Waals surface area contributed by atoms with Gasteiger partial charge >= 0.3 is 5.97 Å². The smallest absolute Gasteiger partial charge is 0.340 e. The molecular formula is C21H16O2S. The van der Waals surface area contributed by atoms with Gasteiger partial charge in [-0.2, -0.15) is 0 Å². The zero-order valence-corrected chi connectivity index (χ0v) is 14.0. The lowest BCUT2D eigenvalue weighted by Gasteiger charge is -2.29. The molecule has 0 unspecified atom stereocenters. The van der Waals surface area contributed by atoms with Crippen LogP contribution in [0.15, 0.2) is 83.8 Å². The average Bonchev–Trinajstić information content (AvgIpc) is 2.91. The highest BCUT2D eigenvalue weighted by Gasteiger charge is 2.48. The summed E-state index contributed by atoms with van der Waals surface area (Å²) >= 11 is 1.58. The van der Waals surface area contributed by atoms with Crippen molar-refractivity contribution in [1.29, 1.82) is 0 Å². The van der Waals surface area contributed by atoms with Gasteiger partial charge in [0.1, 0.15) is 0 Å². The molecule has 0 aliphatic carbocycles. The van der Waals surface area contributed by atoms with Crippen LogP contribution in [0.2, 0.25) is 0 Å². The lowest BCUT2D eigenvalue weighted by atomic mass is 9.99. The second-order valence-electron chi connectivity index (χ2n) is 5.79. The Morgan fingerprint density at radius 2 is 1.50 bits per heavy atom. The Morgan fingerprint density at radius 3 is 2.29 bits per heavy atom. The van der Waals surface area contributed by atoms with Crippen LogP contribution in [0, 0.1) is 6.92 Å². The molecule has 3 aromatic carbocycles. The van der Waals surface area contributed by atoms with E-state index in [1.807, 2.05) is 66.7 Å². The van der Waals surface area contributed by atoms with Gasteiger partial charge in [0.25, 0.3) is 0 Å². The Bertz CT molecular complexity index is 904. The number of thioether (sulfide) groups is 1. The fourth-order valence-corrected chi connectivity index (χ4v) is 4.37. The fourth-order valence-electron chi connectivity index (χ4n) is 3.02. The number of aryl methyl sites for hydroxylation is 1. The maximum atomic E-state index is 12.5. The molecule has 2 nitrogen and oxygen atoms in total. The summed E-state index contributed by atoms with van der Waals surface area (Å²) < 4.78 is 5.99. The minimum Gasteiger partial charge on any atom is -0.435 e. The van der Waals surface area contributed by atoms with Crippen LogP contribution in [-0.4, -0.2) is 5.97 Å². The van der Waals surface area contributed by atoms with Crippen LogP contribution in [0.25, 0.3) is 0 Å². The van der Waals surface area contributed by atoms with Crippen molar-refractivity contribution in [1.82, 2.24) is 0 Å². The van der Waals surface area contributed by atoms with Crippen LogP contribution in [0.3, 0.4) is 0 Å². The highest BCUT2D eigenvalue weighted by molar-refractivity contribution is 8.00. The SMILES string of the molecule is Cc1ccccc1S[C@@]1(c2ccccc2)OC(=O)c2ccccc21. The normalized spacial score (nSPS) is 19.0. The number of carbonyl (C=O) groups excluding carboxylic acids is 1. The number of esters is 1. The molecule has 3 aromatic rings. The molecule has 0 saturated carbocycles. The van der Waals surface area contributed by atoms with Gasteiger partial charge < -0.3 is 4.74 Å². The van der Waals surface area contributed by atoms with Crippen molar-refractivity contribution in [2.24, 2.45) is 0 Å². The van der Waals surface area contributed by atoms with Gasteiger partial charge in [-0.1, -0.05) is 78.5 Å². The molecule has 0 fully saturated rings. The third kappa shape index (κ3) is 2.33. The van der Waals surface area contributed by atoms with E-state index in [1.54, 1.807) is 11.8 Å². The number of benzene rings is 3. The number of ether oxygens (including phenoxy) is 1. The van der Waals surface area contributed by atoms with E-state index in [2.05, 4.69) is 19.1 Å². The molecular weight excluding hydrogens is 316 g/mol. The molecule has 0 radical (unpaired) electrons. The Kier molecular flexibility index (Phi) is 3.66. The van der Waals surface area contributed by atoms with E-state index < -0.39 is 4.93 Å². The number of rotatable bonds is 3. The van der Waals surface area contributed by atoms with Crippen molar-refractivity contribution >= 4 is 17.7 Å². The molecule has 1 aliphatic heterocycles. The molecule has 118 valence electrons. The third-order valence-corrected chi connectivity index (χ3v) is 5.74. The van der Waals surface area contributed by atoms with E-state index in [9.17, 15) is 4.79 Å². The maximum absolute atomic E-state index is 12.5. The summed E-state index contributed by atoms with van der Waals surface area (Å²) in [7, 11) is 0.